The Labute approximate surface area is 112 Å². The molecule has 1 fully saturated rings. The first kappa shape index (κ1) is 13.3. The normalized spacial score (nSPS) is 23.8. The van der Waals surface area contributed by atoms with Gasteiger partial charge in [0.15, 0.2) is 0 Å². The monoisotopic (exact) mass is 284 g/mol. The van der Waals surface area contributed by atoms with Crippen molar-refractivity contribution in [3.8, 4) is 6.07 Å². The highest BCUT2D eigenvalue weighted by Gasteiger charge is 2.29. The van der Waals surface area contributed by atoms with Gasteiger partial charge in [-0.05, 0) is 37.1 Å². The lowest BCUT2D eigenvalue weighted by Gasteiger charge is -2.15. The number of halogens is 1. The molecule has 18 heavy (non-hydrogen) atoms. The smallest absolute Gasteiger partial charge is 0.207 e. The van der Waals surface area contributed by atoms with Gasteiger partial charge >= 0.3 is 0 Å². The lowest BCUT2D eigenvalue weighted by atomic mass is 10.2. The summed E-state index contributed by atoms with van der Waals surface area (Å²) in [5.41, 5.74) is 0.435. The maximum atomic E-state index is 12.1. The van der Waals surface area contributed by atoms with E-state index in [0.717, 1.165) is 19.3 Å². The third-order valence-electron chi connectivity index (χ3n) is 3.03. The standard InChI is InChI=1S/C12H13ClN2O2S/c13-11-2-1-3-12(11)15-18(16,17)10-6-4-9(8-14)5-7-10/h4-7,11-12,15H,1-3H2. The SMILES string of the molecule is N#Cc1ccc(S(=O)(=O)NC2CCCC2Cl)cc1. The number of rotatable bonds is 3. The fourth-order valence-corrected chi connectivity index (χ4v) is 3.75. The first-order chi connectivity index (χ1) is 8.53. The molecule has 0 amide bonds. The van der Waals surface area contributed by atoms with Crippen molar-refractivity contribution in [2.24, 2.45) is 0 Å². The average Bonchev–Trinajstić information content (AvgIpc) is 2.74. The number of nitrogens with zero attached hydrogens (tertiary/aromatic N) is 1. The van der Waals surface area contributed by atoms with Crippen molar-refractivity contribution in [3.63, 3.8) is 0 Å². The molecule has 1 N–H and O–H groups in total. The molecular formula is C12H13ClN2O2S. The molecule has 2 rings (SSSR count). The zero-order chi connectivity index (χ0) is 13.2. The summed E-state index contributed by atoms with van der Waals surface area (Å²) in [6.07, 6.45) is 2.54. The van der Waals surface area contributed by atoms with Gasteiger partial charge in [-0.2, -0.15) is 5.26 Å². The Morgan fingerprint density at radius 3 is 2.44 bits per heavy atom. The van der Waals surface area contributed by atoms with Crippen LogP contribution in [0.25, 0.3) is 0 Å². The molecule has 0 spiro atoms. The van der Waals surface area contributed by atoms with Crippen LogP contribution in [0.15, 0.2) is 29.2 Å². The van der Waals surface area contributed by atoms with Crippen molar-refractivity contribution in [1.82, 2.24) is 4.72 Å². The van der Waals surface area contributed by atoms with Crippen LogP contribution in [-0.4, -0.2) is 19.8 Å². The molecular weight excluding hydrogens is 272 g/mol. The second-order valence-electron chi connectivity index (χ2n) is 4.31. The molecule has 0 aliphatic heterocycles. The second-order valence-corrected chi connectivity index (χ2v) is 6.59. The molecule has 0 heterocycles. The summed E-state index contributed by atoms with van der Waals surface area (Å²) >= 11 is 6.05. The Bertz CT molecular complexity index is 563. The number of nitriles is 1. The molecule has 4 nitrogen and oxygen atoms in total. The minimum absolute atomic E-state index is 0.141. The predicted molar refractivity (Wildman–Crippen MR) is 68.8 cm³/mol. The molecule has 1 saturated carbocycles. The van der Waals surface area contributed by atoms with Crippen LogP contribution in [0.3, 0.4) is 0 Å². The van der Waals surface area contributed by atoms with E-state index in [2.05, 4.69) is 4.72 Å². The van der Waals surface area contributed by atoms with E-state index >= 15 is 0 Å². The van der Waals surface area contributed by atoms with Gasteiger partial charge in [0.05, 0.1) is 16.5 Å². The van der Waals surface area contributed by atoms with Gasteiger partial charge < -0.3 is 0 Å². The molecule has 1 aromatic carbocycles. The largest absolute Gasteiger partial charge is 0.240 e. The molecule has 96 valence electrons. The Balaban J connectivity index is 2.17. The summed E-state index contributed by atoms with van der Waals surface area (Å²) in [7, 11) is -3.55. The van der Waals surface area contributed by atoms with E-state index in [-0.39, 0.29) is 16.3 Å². The van der Waals surface area contributed by atoms with Crippen molar-refractivity contribution < 1.29 is 8.42 Å². The molecule has 0 aromatic heterocycles. The number of sulfonamides is 1. The van der Waals surface area contributed by atoms with Crippen LogP contribution >= 0.6 is 11.6 Å². The summed E-state index contributed by atoms with van der Waals surface area (Å²) in [5, 5.41) is 8.52. The summed E-state index contributed by atoms with van der Waals surface area (Å²) < 4.78 is 26.8. The van der Waals surface area contributed by atoms with Crippen LogP contribution in [0.5, 0.6) is 0 Å². The fourth-order valence-electron chi connectivity index (χ4n) is 2.02. The summed E-state index contributed by atoms with van der Waals surface area (Å²) in [6.45, 7) is 0. The molecule has 0 saturated heterocycles. The Hall–Kier alpha value is -1.09. The molecule has 0 bridgehead atoms. The van der Waals surface area contributed by atoms with Crippen molar-refractivity contribution in [2.75, 3.05) is 0 Å². The third kappa shape index (κ3) is 2.83. The van der Waals surface area contributed by atoms with Crippen LogP contribution in [0.4, 0.5) is 0 Å². The zero-order valence-electron chi connectivity index (χ0n) is 9.64. The number of alkyl halides is 1. The minimum Gasteiger partial charge on any atom is -0.207 e. The summed E-state index contributed by atoms with van der Waals surface area (Å²) in [4.78, 5) is 0.164. The topological polar surface area (TPSA) is 70.0 Å². The predicted octanol–water partition coefficient (Wildman–Crippen LogP) is 2.00. The van der Waals surface area contributed by atoms with E-state index in [1.807, 2.05) is 6.07 Å². The molecule has 1 aromatic rings. The van der Waals surface area contributed by atoms with Gasteiger partial charge in [0.1, 0.15) is 0 Å². The van der Waals surface area contributed by atoms with E-state index < -0.39 is 10.0 Å². The first-order valence-corrected chi connectivity index (χ1v) is 7.61. The van der Waals surface area contributed by atoms with Gasteiger partial charge in [0.2, 0.25) is 10.0 Å². The van der Waals surface area contributed by atoms with Gasteiger partial charge in [-0.3, -0.25) is 0 Å². The Morgan fingerprint density at radius 2 is 1.94 bits per heavy atom. The highest BCUT2D eigenvalue weighted by molar-refractivity contribution is 7.89. The van der Waals surface area contributed by atoms with E-state index in [9.17, 15) is 8.42 Å². The van der Waals surface area contributed by atoms with Crippen molar-refractivity contribution in [2.45, 2.75) is 35.6 Å². The van der Waals surface area contributed by atoms with Crippen LogP contribution in [-0.2, 0) is 10.0 Å². The fraction of sp³-hybridized carbons (Fsp3) is 0.417. The lowest BCUT2D eigenvalue weighted by Crippen LogP contribution is -2.37. The zero-order valence-corrected chi connectivity index (χ0v) is 11.2. The van der Waals surface area contributed by atoms with Crippen molar-refractivity contribution in [3.05, 3.63) is 29.8 Å². The third-order valence-corrected chi connectivity index (χ3v) is 5.06. The lowest BCUT2D eigenvalue weighted by molar-refractivity contribution is 0.554. The molecule has 1 aliphatic carbocycles. The number of nitrogens with one attached hydrogen (secondary N) is 1. The number of hydrogen-bond donors (Lipinski definition) is 1. The van der Waals surface area contributed by atoms with Gasteiger partial charge in [0.25, 0.3) is 0 Å². The quantitative estimate of drug-likeness (QED) is 0.863. The molecule has 1 aliphatic rings. The van der Waals surface area contributed by atoms with Crippen molar-refractivity contribution >= 4 is 21.6 Å². The highest BCUT2D eigenvalue weighted by Crippen LogP contribution is 2.25. The van der Waals surface area contributed by atoms with Gasteiger partial charge in [-0.25, -0.2) is 13.1 Å². The Morgan fingerprint density at radius 1 is 1.28 bits per heavy atom. The number of hydrogen-bond acceptors (Lipinski definition) is 3. The van der Waals surface area contributed by atoms with Crippen LogP contribution in [0.1, 0.15) is 24.8 Å². The molecule has 6 heteroatoms. The Kier molecular flexibility index (Phi) is 3.91. The van der Waals surface area contributed by atoms with Gasteiger partial charge in [-0.15, -0.1) is 11.6 Å². The van der Waals surface area contributed by atoms with Crippen LogP contribution in [0.2, 0.25) is 0 Å². The average molecular weight is 285 g/mol. The summed E-state index contributed by atoms with van der Waals surface area (Å²) in [6, 6.07) is 7.58. The molecule has 2 unspecified atom stereocenters. The molecule has 0 radical (unpaired) electrons. The van der Waals surface area contributed by atoms with E-state index in [4.69, 9.17) is 16.9 Å². The van der Waals surface area contributed by atoms with E-state index in [1.54, 1.807) is 0 Å². The van der Waals surface area contributed by atoms with E-state index in [0.29, 0.717) is 5.56 Å². The van der Waals surface area contributed by atoms with Gasteiger partial charge in [-0.1, -0.05) is 6.42 Å². The maximum Gasteiger partial charge on any atom is 0.240 e. The highest BCUT2D eigenvalue weighted by atomic mass is 35.5. The van der Waals surface area contributed by atoms with Gasteiger partial charge in [0, 0.05) is 11.4 Å². The second kappa shape index (κ2) is 5.27. The van der Waals surface area contributed by atoms with E-state index in [1.165, 1.54) is 24.3 Å². The summed E-state index contributed by atoms with van der Waals surface area (Å²) in [5.74, 6) is 0. The first-order valence-electron chi connectivity index (χ1n) is 5.69. The number of benzene rings is 1. The van der Waals surface area contributed by atoms with Crippen LogP contribution < -0.4 is 4.72 Å². The van der Waals surface area contributed by atoms with Crippen LogP contribution in [0, 0.1) is 11.3 Å². The molecule has 2 atom stereocenters. The maximum absolute atomic E-state index is 12.1. The minimum atomic E-state index is -3.55. The van der Waals surface area contributed by atoms with Crippen molar-refractivity contribution in [1.29, 1.82) is 5.26 Å².